The molecule has 6 rings (SSSR count). The Morgan fingerprint density at radius 2 is 1.59 bits per heavy atom. The second-order valence-corrected chi connectivity index (χ2v) is 14.3. The molecule has 272 valence electrons. The van der Waals surface area contributed by atoms with Crippen molar-refractivity contribution in [2.45, 2.75) is 39.7 Å². The van der Waals surface area contributed by atoms with Crippen LogP contribution in [-0.4, -0.2) is 109 Å². The van der Waals surface area contributed by atoms with E-state index in [0.717, 1.165) is 66.3 Å². The number of nitrogens with zero attached hydrogens (tertiary/aromatic N) is 6. The molecule has 0 spiro atoms. The number of fused-ring (bicyclic) bond motifs is 1. The number of pyridine rings is 1. The predicted molar refractivity (Wildman–Crippen MR) is 193 cm³/mol. The number of hydrogen-bond acceptors (Lipinski definition) is 10. The predicted octanol–water partition coefficient (Wildman–Crippen LogP) is 5.18. The van der Waals surface area contributed by atoms with Crippen LogP contribution in [0.25, 0.3) is 10.8 Å². The summed E-state index contributed by atoms with van der Waals surface area (Å²) >= 11 is 0. The number of nitrogens with one attached hydrogen (secondary N) is 1. The van der Waals surface area contributed by atoms with Gasteiger partial charge in [0.1, 0.15) is 0 Å². The van der Waals surface area contributed by atoms with Gasteiger partial charge in [-0.05, 0) is 55.8 Å². The maximum Gasteiger partial charge on any atom is 0.238 e. The quantitative estimate of drug-likeness (QED) is 0.212. The summed E-state index contributed by atoms with van der Waals surface area (Å²) in [6.45, 7) is 15.2. The average molecular weight is 704 g/mol. The van der Waals surface area contributed by atoms with Crippen LogP contribution in [0.3, 0.4) is 0 Å². The lowest BCUT2D eigenvalue weighted by Gasteiger charge is -2.50. The number of carbonyl (C=O) groups is 1. The standard InChI is InChI=1S/C38H47F2N7O4/c1-37(2,38(3,4)47-16-18-50-19-17-47)25-51-34-23-29-28(22-33(34)49-5)32(20-26-8-10-41-11-9-26)43-44-36(29)46-14-12-45(13-15-46)24-35(48)42-27-6-7-30(39)31(40)21-27/h6-11,21-23H,12-20,24-25H2,1-5H3,(H,42,48). The number of anilines is 2. The highest BCUT2D eigenvalue weighted by Crippen LogP contribution is 2.41. The Kier molecular flexibility index (Phi) is 11.0. The van der Waals surface area contributed by atoms with Gasteiger partial charge in [0.2, 0.25) is 5.91 Å². The zero-order chi connectivity index (χ0) is 36.2. The van der Waals surface area contributed by atoms with Crippen molar-refractivity contribution in [1.29, 1.82) is 0 Å². The van der Waals surface area contributed by atoms with E-state index >= 15 is 0 Å². The van der Waals surface area contributed by atoms with Gasteiger partial charge in [-0.25, -0.2) is 8.78 Å². The van der Waals surface area contributed by atoms with Crippen LogP contribution in [0.1, 0.15) is 39.0 Å². The van der Waals surface area contributed by atoms with Crippen LogP contribution in [0.4, 0.5) is 20.3 Å². The lowest BCUT2D eigenvalue weighted by Crippen LogP contribution is -2.59. The van der Waals surface area contributed by atoms with Crippen molar-refractivity contribution in [2.75, 3.05) is 83.0 Å². The molecule has 2 fully saturated rings. The van der Waals surface area contributed by atoms with Crippen LogP contribution in [0.15, 0.2) is 54.9 Å². The Morgan fingerprint density at radius 1 is 0.882 bits per heavy atom. The number of amides is 1. The summed E-state index contributed by atoms with van der Waals surface area (Å²) in [6, 6.07) is 11.3. The highest BCUT2D eigenvalue weighted by molar-refractivity contribution is 5.96. The lowest BCUT2D eigenvalue weighted by molar-refractivity contribution is -0.117. The second-order valence-electron chi connectivity index (χ2n) is 14.3. The van der Waals surface area contributed by atoms with Crippen molar-refractivity contribution in [3.05, 3.63) is 77.8 Å². The van der Waals surface area contributed by atoms with Crippen molar-refractivity contribution in [1.82, 2.24) is 25.0 Å². The molecule has 2 aromatic heterocycles. The topological polar surface area (TPSA) is 105 Å². The minimum Gasteiger partial charge on any atom is -0.493 e. The minimum absolute atomic E-state index is 0.121. The van der Waals surface area contributed by atoms with E-state index in [1.165, 1.54) is 6.07 Å². The van der Waals surface area contributed by atoms with Crippen molar-refractivity contribution in [3.63, 3.8) is 0 Å². The van der Waals surface area contributed by atoms with E-state index in [9.17, 15) is 13.6 Å². The van der Waals surface area contributed by atoms with E-state index in [1.54, 1.807) is 19.5 Å². The lowest BCUT2D eigenvalue weighted by atomic mass is 9.73. The summed E-state index contributed by atoms with van der Waals surface area (Å²) in [7, 11) is 1.65. The van der Waals surface area contributed by atoms with Gasteiger partial charge in [-0.3, -0.25) is 19.6 Å². The number of ether oxygens (including phenoxy) is 3. The molecule has 2 aliphatic rings. The molecule has 0 unspecified atom stereocenters. The Labute approximate surface area is 297 Å². The van der Waals surface area contributed by atoms with Crippen molar-refractivity contribution < 1.29 is 27.8 Å². The minimum atomic E-state index is -1.01. The maximum atomic E-state index is 13.6. The zero-order valence-electron chi connectivity index (χ0n) is 30.0. The summed E-state index contributed by atoms with van der Waals surface area (Å²) in [5, 5.41) is 14.0. The van der Waals surface area contributed by atoms with Gasteiger partial charge in [-0.15, -0.1) is 5.10 Å². The van der Waals surface area contributed by atoms with Gasteiger partial charge < -0.3 is 24.4 Å². The highest BCUT2D eigenvalue weighted by Gasteiger charge is 2.43. The maximum absolute atomic E-state index is 13.6. The van der Waals surface area contributed by atoms with E-state index < -0.39 is 11.6 Å². The molecule has 0 bridgehead atoms. The van der Waals surface area contributed by atoms with Gasteiger partial charge >= 0.3 is 0 Å². The number of piperazine rings is 1. The summed E-state index contributed by atoms with van der Waals surface area (Å²) in [5.74, 6) is -0.280. The largest absolute Gasteiger partial charge is 0.493 e. The van der Waals surface area contributed by atoms with Crippen LogP contribution in [0.2, 0.25) is 0 Å². The van der Waals surface area contributed by atoms with Crippen LogP contribution in [-0.2, 0) is 16.0 Å². The number of carbonyl (C=O) groups excluding carboxylic acids is 1. The van der Waals surface area contributed by atoms with Gasteiger partial charge in [0.05, 0.1) is 39.2 Å². The molecule has 1 N–H and O–H groups in total. The van der Waals surface area contributed by atoms with Crippen LogP contribution in [0.5, 0.6) is 11.5 Å². The molecule has 0 aliphatic carbocycles. The van der Waals surface area contributed by atoms with Crippen molar-refractivity contribution in [2.24, 2.45) is 5.41 Å². The number of benzene rings is 2. The average Bonchev–Trinajstić information content (AvgIpc) is 3.13. The summed E-state index contributed by atoms with van der Waals surface area (Å²) in [5.41, 5.74) is 1.72. The molecule has 0 radical (unpaired) electrons. The molecule has 4 heterocycles. The Morgan fingerprint density at radius 3 is 2.27 bits per heavy atom. The van der Waals surface area contributed by atoms with Crippen molar-refractivity contribution >= 4 is 28.2 Å². The molecule has 0 saturated carbocycles. The van der Waals surface area contributed by atoms with Gasteiger partial charge in [0.25, 0.3) is 0 Å². The fourth-order valence-corrected chi connectivity index (χ4v) is 6.61. The number of morpholine rings is 1. The number of aromatic nitrogens is 3. The second kappa shape index (κ2) is 15.4. The first kappa shape index (κ1) is 36.3. The summed E-state index contributed by atoms with van der Waals surface area (Å²) in [6.07, 6.45) is 4.10. The van der Waals surface area contributed by atoms with Crippen LogP contribution >= 0.6 is 0 Å². The molecule has 1 amide bonds. The normalized spacial score (nSPS) is 16.3. The summed E-state index contributed by atoms with van der Waals surface area (Å²) in [4.78, 5) is 23.6. The van der Waals surface area contributed by atoms with E-state index in [4.69, 9.17) is 24.4 Å². The monoisotopic (exact) mass is 703 g/mol. The molecule has 4 aromatic rings. The number of halogens is 2. The highest BCUT2D eigenvalue weighted by atomic mass is 19.2. The van der Waals surface area contributed by atoms with Crippen LogP contribution < -0.4 is 19.7 Å². The molecular weight excluding hydrogens is 656 g/mol. The van der Waals surface area contributed by atoms with Gasteiger partial charge in [-0.2, -0.15) is 5.10 Å². The first-order valence-electron chi connectivity index (χ1n) is 17.4. The Bertz CT molecular complexity index is 1830. The molecule has 13 heteroatoms. The molecule has 51 heavy (non-hydrogen) atoms. The van der Waals surface area contributed by atoms with E-state index in [1.807, 2.05) is 29.2 Å². The fraction of sp³-hybridized carbons (Fsp3) is 0.474. The zero-order valence-corrected chi connectivity index (χ0v) is 30.0. The molecule has 2 aliphatic heterocycles. The molecule has 2 aromatic carbocycles. The smallest absolute Gasteiger partial charge is 0.238 e. The van der Waals surface area contributed by atoms with Crippen LogP contribution in [0, 0.1) is 17.0 Å². The first-order valence-corrected chi connectivity index (χ1v) is 17.4. The molecule has 2 saturated heterocycles. The van der Waals surface area contributed by atoms with Crippen molar-refractivity contribution in [3.8, 4) is 11.5 Å². The Hall–Kier alpha value is -4.46. The van der Waals surface area contributed by atoms with E-state index in [0.29, 0.717) is 50.7 Å². The third kappa shape index (κ3) is 8.21. The number of rotatable bonds is 12. The molecular formula is C38H47F2N7O4. The molecule has 11 nitrogen and oxygen atoms in total. The van der Waals surface area contributed by atoms with Gasteiger partial charge in [0, 0.05) is 91.6 Å². The first-order chi connectivity index (χ1) is 24.4. The fourth-order valence-electron chi connectivity index (χ4n) is 6.61. The van der Waals surface area contributed by atoms with E-state index in [-0.39, 0.29) is 29.1 Å². The third-order valence-corrected chi connectivity index (χ3v) is 10.5. The Balaban J connectivity index is 1.23. The SMILES string of the molecule is COc1cc2c(Cc3ccncc3)nnc(N3CCN(CC(=O)Nc4ccc(F)c(F)c4)CC3)c2cc1OCC(C)(C)C(C)(C)N1CCOCC1. The molecule has 0 atom stereocenters. The van der Waals surface area contributed by atoms with Gasteiger partial charge in [-0.1, -0.05) is 13.8 Å². The number of methoxy groups -OCH3 is 1. The number of hydrogen-bond donors (Lipinski definition) is 1. The summed E-state index contributed by atoms with van der Waals surface area (Å²) < 4.78 is 45.1. The van der Waals surface area contributed by atoms with E-state index in [2.05, 4.69) is 47.8 Å². The van der Waals surface area contributed by atoms with Gasteiger partial charge in [0.15, 0.2) is 29.0 Å². The third-order valence-electron chi connectivity index (χ3n) is 10.5.